The molecule has 0 spiro atoms. The highest BCUT2D eigenvalue weighted by Crippen LogP contribution is 2.47. The molecule has 1 aromatic rings. The van der Waals surface area contributed by atoms with Crippen molar-refractivity contribution in [3.05, 3.63) is 35.9 Å². The largest absolute Gasteiger partial charge is 0.526 e. The van der Waals surface area contributed by atoms with E-state index in [1.165, 1.54) is 7.05 Å². The van der Waals surface area contributed by atoms with E-state index in [1.54, 1.807) is 0 Å². The predicted octanol–water partition coefficient (Wildman–Crippen LogP) is 0.718. The fraction of sp³-hybridized carbons (Fsp3) is 0.400. The Hall–Kier alpha value is -0.710. The van der Waals surface area contributed by atoms with E-state index >= 15 is 0 Å². The molecule has 0 aromatic heterocycles. The van der Waals surface area contributed by atoms with E-state index in [9.17, 15) is 14.4 Å². The molecule has 1 unspecified atom stereocenters. The van der Waals surface area contributed by atoms with Gasteiger partial charge in [-0.15, -0.1) is 0 Å². The number of aliphatic hydroxyl groups is 1. The summed E-state index contributed by atoms with van der Waals surface area (Å²) in [5.74, 6) is 0. The fourth-order valence-corrected chi connectivity index (χ4v) is 2.19. The molecule has 0 heterocycles. The molecule has 1 aromatic carbocycles. The lowest BCUT2D eigenvalue weighted by Crippen LogP contribution is -2.41. The second-order valence-electron chi connectivity index (χ2n) is 3.94. The monoisotopic (exact) mass is 246 g/mol. The van der Waals surface area contributed by atoms with Crippen LogP contribution in [0.3, 0.4) is 0 Å². The highest BCUT2D eigenvalue weighted by atomic mass is 31.2. The van der Waals surface area contributed by atoms with Gasteiger partial charge in [-0.05, 0) is 0 Å². The number of benzene rings is 1. The Labute approximate surface area is 94.8 Å². The maximum atomic E-state index is 11.4. The molecule has 90 valence electrons. The molecule has 0 saturated carbocycles. The van der Waals surface area contributed by atoms with Gasteiger partial charge in [0.2, 0.25) is 0 Å². The van der Waals surface area contributed by atoms with E-state index in [2.05, 4.69) is 0 Å². The first-order chi connectivity index (χ1) is 7.39. The average molecular weight is 246 g/mol. The van der Waals surface area contributed by atoms with Gasteiger partial charge in [0.25, 0.3) is 0 Å². The van der Waals surface area contributed by atoms with Gasteiger partial charge in [0.15, 0.2) is 0 Å². The Morgan fingerprint density at radius 2 is 1.81 bits per heavy atom. The quantitative estimate of drug-likeness (QED) is 0.669. The third kappa shape index (κ3) is 3.14. The molecule has 0 aliphatic heterocycles. The van der Waals surface area contributed by atoms with Crippen molar-refractivity contribution in [2.75, 3.05) is 20.2 Å². The molecule has 3 N–H and O–H groups in total. The molecule has 0 amide bonds. The van der Waals surface area contributed by atoms with Crippen LogP contribution >= 0.6 is 7.75 Å². The molecular weight excluding hydrogens is 229 g/mol. The number of nitrogens with zero attached hydrogens (tertiary/aromatic N) is 1. The Balaban J connectivity index is 2.93. The third-order valence-corrected chi connectivity index (χ3v) is 4.18. The van der Waals surface area contributed by atoms with Crippen LogP contribution in [0.25, 0.3) is 0 Å². The lowest BCUT2D eigenvalue weighted by Gasteiger charge is -2.33. The van der Waals surface area contributed by atoms with Crippen molar-refractivity contribution < 1.29 is 23.7 Å². The van der Waals surface area contributed by atoms with Gasteiger partial charge in [0.1, 0.15) is 13.1 Å². The van der Waals surface area contributed by atoms with Crippen LogP contribution < -0.4 is 0 Å². The maximum absolute atomic E-state index is 11.4. The first kappa shape index (κ1) is 13.4. The van der Waals surface area contributed by atoms with Crippen LogP contribution in [-0.2, 0) is 11.1 Å². The lowest BCUT2D eigenvalue weighted by molar-refractivity contribution is -0.817. The number of quaternary nitrogens is 1. The summed E-state index contributed by atoms with van der Waals surface area (Å²) in [6.07, 6.45) is 0. The summed E-state index contributed by atoms with van der Waals surface area (Å²) in [4.78, 5) is 18.6. The number of hydrogen-bond donors (Lipinski definition) is 3. The zero-order chi connectivity index (χ0) is 12.2. The molecule has 5 nitrogen and oxygen atoms in total. The minimum Gasteiger partial charge on any atom is -0.391 e. The van der Waals surface area contributed by atoms with Gasteiger partial charge in [0.05, 0.1) is 13.7 Å². The number of rotatable bonds is 5. The standard InChI is InChI=1S/C10H16NO4P/c1-11(7-8-12,16(13,14)15)9-10-5-3-2-4-6-10/h2-6,12H,7-9H2,1H3,(H-,13,14,15)/p+1. The summed E-state index contributed by atoms with van der Waals surface area (Å²) in [5.41, 5.74) is 0.835. The fourth-order valence-electron chi connectivity index (χ4n) is 1.49. The van der Waals surface area contributed by atoms with Crippen molar-refractivity contribution in [2.24, 2.45) is 0 Å². The predicted molar refractivity (Wildman–Crippen MR) is 60.3 cm³/mol. The molecule has 0 radical (unpaired) electrons. The van der Waals surface area contributed by atoms with Crippen LogP contribution in [0, 0.1) is 0 Å². The molecule has 0 fully saturated rings. The van der Waals surface area contributed by atoms with Gasteiger partial charge < -0.3 is 5.11 Å². The van der Waals surface area contributed by atoms with Crippen molar-refractivity contribution >= 4 is 7.75 Å². The summed E-state index contributed by atoms with van der Waals surface area (Å²) in [7, 11) is -2.84. The maximum Gasteiger partial charge on any atom is 0.526 e. The third-order valence-electron chi connectivity index (χ3n) is 2.58. The zero-order valence-electron chi connectivity index (χ0n) is 9.15. The number of hydrogen-bond acceptors (Lipinski definition) is 2. The molecule has 1 rings (SSSR count). The summed E-state index contributed by atoms with van der Waals surface area (Å²) in [6, 6.07) is 9.10. The van der Waals surface area contributed by atoms with Crippen molar-refractivity contribution in [2.45, 2.75) is 6.54 Å². The lowest BCUT2D eigenvalue weighted by atomic mass is 10.2. The molecule has 0 bridgehead atoms. The SMILES string of the molecule is C[N+](CCO)(Cc1ccccc1)P(=O)(O)O. The smallest absolute Gasteiger partial charge is 0.391 e. The van der Waals surface area contributed by atoms with Gasteiger partial charge in [-0.2, -0.15) is 0 Å². The van der Waals surface area contributed by atoms with Crippen LogP contribution in [-0.4, -0.2) is 39.3 Å². The van der Waals surface area contributed by atoms with Gasteiger partial charge >= 0.3 is 7.75 Å². The minimum atomic E-state index is -4.29. The van der Waals surface area contributed by atoms with Crippen molar-refractivity contribution in [3.63, 3.8) is 0 Å². The van der Waals surface area contributed by atoms with Crippen LogP contribution in [0.5, 0.6) is 0 Å². The summed E-state index contributed by atoms with van der Waals surface area (Å²) in [5, 5.41) is 8.88. The second-order valence-corrected chi connectivity index (χ2v) is 5.94. The van der Waals surface area contributed by atoms with Gasteiger partial charge in [-0.3, -0.25) is 9.79 Å². The highest BCUT2D eigenvalue weighted by molar-refractivity contribution is 7.45. The zero-order valence-corrected chi connectivity index (χ0v) is 10.0. The van der Waals surface area contributed by atoms with Crippen LogP contribution in [0.4, 0.5) is 0 Å². The summed E-state index contributed by atoms with van der Waals surface area (Å²) >= 11 is 0. The summed E-state index contributed by atoms with van der Waals surface area (Å²) in [6.45, 7) is -0.0285. The van der Waals surface area contributed by atoms with Gasteiger partial charge in [0, 0.05) is 5.56 Å². The van der Waals surface area contributed by atoms with E-state index in [4.69, 9.17) is 5.11 Å². The van der Waals surface area contributed by atoms with Crippen LogP contribution in [0.2, 0.25) is 0 Å². The first-order valence-electron chi connectivity index (χ1n) is 4.94. The molecule has 0 aliphatic rings. The highest BCUT2D eigenvalue weighted by Gasteiger charge is 2.41. The molecule has 16 heavy (non-hydrogen) atoms. The molecule has 1 atom stereocenters. The minimum absolute atomic E-state index is 0.0270. The van der Waals surface area contributed by atoms with Crippen molar-refractivity contribution in [1.82, 2.24) is 0 Å². The average Bonchev–Trinajstić information content (AvgIpc) is 2.17. The van der Waals surface area contributed by atoms with Gasteiger partial charge in [-0.25, -0.2) is 8.82 Å². The second kappa shape index (κ2) is 5.08. The Morgan fingerprint density at radius 1 is 1.25 bits per heavy atom. The van der Waals surface area contributed by atoms with Crippen LogP contribution in [0.15, 0.2) is 30.3 Å². The molecule has 0 aliphatic carbocycles. The Kier molecular flexibility index (Phi) is 4.24. The van der Waals surface area contributed by atoms with Gasteiger partial charge in [-0.1, -0.05) is 30.3 Å². The topological polar surface area (TPSA) is 77.8 Å². The summed E-state index contributed by atoms with van der Waals surface area (Å²) < 4.78 is 10.9. The Bertz CT molecular complexity index is 378. The van der Waals surface area contributed by atoms with E-state index in [-0.39, 0.29) is 19.7 Å². The van der Waals surface area contributed by atoms with E-state index in [0.29, 0.717) is 0 Å². The van der Waals surface area contributed by atoms with Crippen LogP contribution in [0.1, 0.15) is 5.56 Å². The number of likely N-dealkylation sites (N-methyl/N-ethyl adjacent to an activating group) is 1. The van der Waals surface area contributed by atoms with E-state index in [0.717, 1.165) is 5.56 Å². The molecular formula is C10H17NO4P+. The Morgan fingerprint density at radius 3 is 2.25 bits per heavy atom. The van der Waals surface area contributed by atoms with E-state index < -0.39 is 12.0 Å². The van der Waals surface area contributed by atoms with Crippen molar-refractivity contribution in [1.29, 1.82) is 0 Å². The first-order valence-corrected chi connectivity index (χ1v) is 6.51. The molecule has 6 heteroatoms. The van der Waals surface area contributed by atoms with Crippen molar-refractivity contribution in [3.8, 4) is 0 Å². The van der Waals surface area contributed by atoms with E-state index in [1.807, 2.05) is 30.3 Å². The molecule has 0 saturated heterocycles. The normalized spacial score (nSPS) is 15.8. The number of aliphatic hydroxyl groups excluding tert-OH is 1.